The van der Waals surface area contributed by atoms with Gasteiger partial charge in [0.1, 0.15) is 11.9 Å². The summed E-state index contributed by atoms with van der Waals surface area (Å²) in [5.41, 5.74) is 5.49. The molecule has 0 aliphatic heterocycles. The fourth-order valence-electron chi connectivity index (χ4n) is 0.436. The van der Waals surface area contributed by atoms with Crippen LogP contribution in [-0.4, -0.2) is 15.3 Å². The van der Waals surface area contributed by atoms with E-state index in [1.54, 1.807) is 12.3 Å². The van der Waals surface area contributed by atoms with Crippen LogP contribution in [0.2, 0.25) is 0 Å². The summed E-state index contributed by atoms with van der Waals surface area (Å²) in [6, 6.07) is 1.62. The molecule has 44 valence electrons. The summed E-state index contributed by atoms with van der Waals surface area (Å²) in [7, 11) is 0. The highest BCUT2D eigenvalue weighted by Crippen LogP contribution is 1.98. The van der Waals surface area contributed by atoms with E-state index in [-0.39, 0.29) is 0 Å². The highest BCUT2D eigenvalue weighted by Gasteiger charge is 1.99. The summed E-state index contributed by atoms with van der Waals surface area (Å²) in [5.74, 6) is 0. The minimum atomic E-state index is -0.957. The van der Waals surface area contributed by atoms with Crippen LogP contribution in [0.4, 0.5) is 0 Å². The van der Waals surface area contributed by atoms with Crippen LogP contribution in [0.15, 0.2) is 12.3 Å². The Labute approximate surface area is 46.3 Å². The molecule has 0 spiro atoms. The topological polar surface area (TPSA) is 74.9 Å². The molecule has 0 aliphatic carbocycles. The van der Waals surface area contributed by atoms with Gasteiger partial charge in [-0.3, -0.25) is 5.10 Å². The molecule has 0 radical (unpaired) electrons. The Balaban J connectivity index is 2.77. The lowest BCUT2D eigenvalue weighted by molar-refractivity contribution is 0.181. The van der Waals surface area contributed by atoms with Crippen molar-refractivity contribution in [3.8, 4) is 0 Å². The van der Waals surface area contributed by atoms with Crippen LogP contribution in [0.3, 0.4) is 0 Å². The average Bonchev–Trinajstić information content (AvgIpc) is 2.12. The van der Waals surface area contributed by atoms with Crippen molar-refractivity contribution in [1.82, 2.24) is 10.2 Å². The molecule has 0 amide bonds. The molecule has 1 unspecified atom stereocenters. The third-order valence-electron chi connectivity index (χ3n) is 0.825. The normalized spacial score (nSPS) is 13.8. The van der Waals surface area contributed by atoms with Crippen LogP contribution in [0.5, 0.6) is 0 Å². The van der Waals surface area contributed by atoms with Crippen molar-refractivity contribution in [2.45, 2.75) is 6.23 Å². The molecule has 8 heavy (non-hydrogen) atoms. The van der Waals surface area contributed by atoms with Crippen molar-refractivity contribution in [1.29, 1.82) is 0 Å². The van der Waals surface area contributed by atoms with Gasteiger partial charge in [-0.15, -0.1) is 0 Å². The highest BCUT2D eigenvalue weighted by atomic mass is 16.3. The number of nitrogens with zero attached hydrogens (tertiary/aromatic N) is 1. The summed E-state index contributed by atoms with van der Waals surface area (Å²) >= 11 is 0. The standard InChI is InChI=1S/C4H7N3O/c5-4(8)3-1-2-6-7-3/h1-2,4,8H,5H2,(H,6,7). The molecule has 0 saturated carbocycles. The van der Waals surface area contributed by atoms with Crippen molar-refractivity contribution in [3.63, 3.8) is 0 Å². The van der Waals surface area contributed by atoms with Crippen LogP contribution in [0, 0.1) is 0 Å². The largest absolute Gasteiger partial charge is 0.373 e. The third kappa shape index (κ3) is 0.853. The van der Waals surface area contributed by atoms with Gasteiger partial charge in [-0.25, -0.2) is 0 Å². The predicted octanol–water partition coefficient (Wildman–Crippen LogP) is -0.641. The maximum atomic E-state index is 8.61. The van der Waals surface area contributed by atoms with E-state index in [9.17, 15) is 0 Å². The molecule has 4 nitrogen and oxygen atoms in total. The van der Waals surface area contributed by atoms with Crippen LogP contribution < -0.4 is 5.73 Å². The monoisotopic (exact) mass is 113 g/mol. The lowest BCUT2D eigenvalue weighted by Crippen LogP contribution is -2.08. The number of aromatic nitrogens is 2. The maximum absolute atomic E-state index is 8.61. The summed E-state index contributed by atoms with van der Waals surface area (Å²) < 4.78 is 0. The lowest BCUT2D eigenvalue weighted by Gasteiger charge is -1.94. The second kappa shape index (κ2) is 1.94. The number of nitrogens with one attached hydrogen (secondary N) is 1. The van der Waals surface area contributed by atoms with E-state index in [1.165, 1.54) is 0 Å². The van der Waals surface area contributed by atoms with Crippen LogP contribution in [0.1, 0.15) is 11.9 Å². The van der Waals surface area contributed by atoms with E-state index >= 15 is 0 Å². The Hall–Kier alpha value is -0.870. The number of nitrogens with two attached hydrogens (primary N) is 1. The maximum Gasteiger partial charge on any atom is 0.147 e. The number of aromatic amines is 1. The van der Waals surface area contributed by atoms with Gasteiger partial charge in [-0.05, 0) is 6.07 Å². The zero-order chi connectivity index (χ0) is 5.98. The van der Waals surface area contributed by atoms with E-state index in [2.05, 4.69) is 10.2 Å². The number of rotatable bonds is 1. The van der Waals surface area contributed by atoms with Crippen LogP contribution in [-0.2, 0) is 0 Å². The first-order valence-electron chi connectivity index (χ1n) is 2.24. The number of aliphatic hydroxyl groups excluding tert-OH is 1. The van der Waals surface area contributed by atoms with E-state index < -0.39 is 6.23 Å². The third-order valence-corrected chi connectivity index (χ3v) is 0.825. The fourth-order valence-corrected chi connectivity index (χ4v) is 0.436. The first-order valence-corrected chi connectivity index (χ1v) is 2.24. The van der Waals surface area contributed by atoms with Gasteiger partial charge >= 0.3 is 0 Å². The highest BCUT2D eigenvalue weighted by molar-refractivity contribution is 4.99. The Morgan fingerprint density at radius 2 is 2.62 bits per heavy atom. The molecular formula is C4H7N3O. The summed E-state index contributed by atoms with van der Waals surface area (Å²) in [6.45, 7) is 0. The molecule has 1 atom stereocenters. The number of hydrogen-bond acceptors (Lipinski definition) is 3. The number of H-pyrrole nitrogens is 1. The van der Waals surface area contributed by atoms with Crippen LogP contribution in [0.25, 0.3) is 0 Å². The number of hydrogen-bond donors (Lipinski definition) is 3. The average molecular weight is 113 g/mol. The number of aliphatic hydroxyl groups is 1. The Morgan fingerprint density at radius 3 is 2.88 bits per heavy atom. The Morgan fingerprint density at radius 1 is 1.88 bits per heavy atom. The molecule has 0 bridgehead atoms. The van der Waals surface area contributed by atoms with E-state index in [4.69, 9.17) is 10.8 Å². The molecule has 1 aromatic heterocycles. The molecular weight excluding hydrogens is 106 g/mol. The molecule has 0 aliphatic rings. The summed E-state index contributed by atoms with van der Waals surface area (Å²) in [5, 5.41) is 14.7. The smallest absolute Gasteiger partial charge is 0.147 e. The summed E-state index contributed by atoms with van der Waals surface area (Å²) in [6.07, 6.45) is 0.645. The van der Waals surface area contributed by atoms with E-state index in [0.717, 1.165) is 0 Å². The molecule has 0 saturated heterocycles. The molecule has 1 heterocycles. The SMILES string of the molecule is NC(O)c1cc[nH]n1. The quantitative estimate of drug-likeness (QED) is 0.424. The zero-order valence-electron chi connectivity index (χ0n) is 4.20. The van der Waals surface area contributed by atoms with Gasteiger partial charge in [-0.1, -0.05) is 0 Å². The summed E-state index contributed by atoms with van der Waals surface area (Å²) in [4.78, 5) is 0. The molecule has 0 aromatic carbocycles. The van der Waals surface area contributed by atoms with Crippen molar-refractivity contribution in [2.75, 3.05) is 0 Å². The van der Waals surface area contributed by atoms with E-state index in [0.29, 0.717) is 5.69 Å². The van der Waals surface area contributed by atoms with Crippen LogP contribution >= 0.6 is 0 Å². The van der Waals surface area contributed by atoms with Crippen molar-refractivity contribution in [3.05, 3.63) is 18.0 Å². The molecule has 1 aromatic rings. The van der Waals surface area contributed by atoms with Gasteiger partial charge in [0.25, 0.3) is 0 Å². The van der Waals surface area contributed by atoms with Crippen molar-refractivity contribution >= 4 is 0 Å². The minimum Gasteiger partial charge on any atom is -0.373 e. The molecule has 4 heteroatoms. The predicted molar refractivity (Wildman–Crippen MR) is 27.7 cm³/mol. The van der Waals surface area contributed by atoms with Crippen molar-refractivity contribution < 1.29 is 5.11 Å². The Bertz CT molecular complexity index is 146. The second-order valence-corrected chi connectivity index (χ2v) is 1.44. The first kappa shape index (κ1) is 5.27. The van der Waals surface area contributed by atoms with Crippen molar-refractivity contribution in [2.24, 2.45) is 5.73 Å². The van der Waals surface area contributed by atoms with Gasteiger partial charge in [0.05, 0.1) is 0 Å². The minimum absolute atomic E-state index is 0.463. The molecule has 0 fully saturated rings. The lowest BCUT2D eigenvalue weighted by atomic mass is 10.4. The van der Waals surface area contributed by atoms with Gasteiger partial charge in [0.15, 0.2) is 0 Å². The van der Waals surface area contributed by atoms with Gasteiger partial charge in [-0.2, -0.15) is 5.10 Å². The van der Waals surface area contributed by atoms with Gasteiger partial charge in [0, 0.05) is 6.20 Å². The van der Waals surface area contributed by atoms with Gasteiger partial charge < -0.3 is 10.8 Å². The first-order chi connectivity index (χ1) is 3.80. The second-order valence-electron chi connectivity index (χ2n) is 1.44. The van der Waals surface area contributed by atoms with Gasteiger partial charge in [0.2, 0.25) is 0 Å². The molecule has 1 rings (SSSR count). The Kier molecular flexibility index (Phi) is 1.27. The fraction of sp³-hybridized carbons (Fsp3) is 0.250. The van der Waals surface area contributed by atoms with E-state index in [1.807, 2.05) is 0 Å². The zero-order valence-corrected chi connectivity index (χ0v) is 4.20. The molecule has 4 N–H and O–H groups in total.